The summed E-state index contributed by atoms with van der Waals surface area (Å²) < 4.78 is 0. The molecule has 1 aromatic carbocycles. The minimum absolute atomic E-state index is 0.184. The summed E-state index contributed by atoms with van der Waals surface area (Å²) in [5, 5.41) is 9.08. The summed E-state index contributed by atoms with van der Waals surface area (Å²) in [7, 11) is 0. The summed E-state index contributed by atoms with van der Waals surface area (Å²) in [5.74, 6) is -0.184. The van der Waals surface area contributed by atoms with E-state index in [1.54, 1.807) is 12.3 Å². The number of carbonyl (C=O) groups is 1. The fraction of sp³-hybridized carbons (Fsp3) is 0.0909. The first-order valence-corrected chi connectivity index (χ1v) is 4.63. The highest BCUT2D eigenvalue weighted by molar-refractivity contribution is 6.02. The molecule has 0 unspecified atom stereocenters. The average Bonchev–Trinajstić information content (AvgIpc) is 2.74. The van der Waals surface area contributed by atoms with Crippen LogP contribution in [0, 0.1) is 6.92 Å². The highest BCUT2D eigenvalue weighted by Crippen LogP contribution is 2.09. The van der Waals surface area contributed by atoms with Crippen LogP contribution in [0.4, 0.5) is 5.69 Å². The van der Waals surface area contributed by atoms with Gasteiger partial charge in [-0.1, -0.05) is 17.7 Å². The molecule has 2 rings (SSSR count). The Morgan fingerprint density at radius 3 is 2.60 bits per heavy atom. The van der Waals surface area contributed by atoms with Gasteiger partial charge in [-0.25, -0.2) is 0 Å². The summed E-state index contributed by atoms with van der Waals surface area (Å²) in [6.07, 6.45) is 1.55. The van der Waals surface area contributed by atoms with Gasteiger partial charge in [0.15, 0.2) is 0 Å². The number of nitrogens with one attached hydrogen (secondary N) is 2. The maximum absolute atomic E-state index is 11.6. The molecule has 15 heavy (non-hydrogen) atoms. The van der Waals surface area contributed by atoms with E-state index >= 15 is 0 Å². The van der Waals surface area contributed by atoms with Crippen molar-refractivity contribution < 1.29 is 4.79 Å². The van der Waals surface area contributed by atoms with E-state index in [0.717, 1.165) is 11.3 Å². The van der Waals surface area contributed by atoms with E-state index in [4.69, 9.17) is 0 Å². The Bertz CT molecular complexity index is 445. The van der Waals surface area contributed by atoms with Crippen molar-refractivity contribution in [1.82, 2.24) is 10.2 Å². The van der Waals surface area contributed by atoms with E-state index in [-0.39, 0.29) is 5.91 Å². The second-order valence-corrected chi connectivity index (χ2v) is 3.29. The van der Waals surface area contributed by atoms with Crippen molar-refractivity contribution >= 4 is 11.6 Å². The number of hydrogen-bond donors (Lipinski definition) is 2. The van der Waals surface area contributed by atoms with Crippen LogP contribution in [0.1, 0.15) is 16.1 Å². The third-order valence-electron chi connectivity index (χ3n) is 2.05. The first-order valence-electron chi connectivity index (χ1n) is 4.63. The third kappa shape index (κ3) is 2.22. The Labute approximate surface area is 87.3 Å². The second-order valence-electron chi connectivity index (χ2n) is 3.29. The number of hydrogen-bond acceptors (Lipinski definition) is 2. The lowest BCUT2D eigenvalue weighted by Crippen LogP contribution is -2.12. The van der Waals surface area contributed by atoms with E-state index < -0.39 is 0 Å². The fourth-order valence-electron chi connectivity index (χ4n) is 1.22. The van der Waals surface area contributed by atoms with Gasteiger partial charge in [-0.15, -0.1) is 0 Å². The number of carbonyl (C=O) groups excluding carboxylic acids is 1. The van der Waals surface area contributed by atoms with Crippen molar-refractivity contribution in [2.75, 3.05) is 5.32 Å². The summed E-state index contributed by atoms with van der Waals surface area (Å²) >= 11 is 0. The van der Waals surface area contributed by atoms with Gasteiger partial charge in [0.25, 0.3) is 5.91 Å². The number of amides is 1. The van der Waals surface area contributed by atoms with Gasteiger partial charge < -0.3 is 5.32 Å². The zero-order chi connectivity index (χ0) is 10.7. The minimum Gasteiger partial charge on any atom is -0.321 e. The largest absolute Gasteiger partial charge is 0.321 e. The van der Waals surface area contributed by atoms with Crippen molar-refractivity contribution in [2.24, 2.45) is 0 Å². The predicted molar refractivity (Wildman–Crippen MR) is 57.7 cm³/mol. The van der Waals surface area contributed by atoms with Gasteiger partial charge in [-0.3, -0.25) is 9.89 Å². The Hall–Kier alpha value is -2.10. The van der Waals surface area contributed by atoms with E-state index in [0.29, 0.717) is 5.69 Å². The molecule has 4 nitrogen and oxygen atoms in total. The topological polar surface area (TPSA) is 57.8 Å². The normalized spacial score (nSPS) is 9.93. The molecule has 1 heterocycles. The molecule has 76 valence electrons. The van der Waals surface area contributed by atoms with Gasteiger partial charge in [-0.2, -0.15) is 5.10 Å². The number of aromatic amines is 1. The lowest BCUT2D eigenvalue weighted by atomic mass is 10.2. The Kier molecular flexibility index (Phi) is 2.49. The number of nitrogens with zero attached hydrogens (tertiary/aromatic N) is 1. The monoisotopic (exact) mass is 201 g/mol. The number of aromatic nitrogens is 2. The molecule has 0 fully saturated rings. The van der Waals surface area contributed by atoms with Gasteiger partial charge >= 0.3 is 0 Å². The van der Waals surface area contributed by atoms with Crippen LogP contribution in [0.25, 0.3) is 0 Å². The lowest BCUT2D eigenvalue weighted by Gasteiger charge is -2.03. The number of rotatable bonds is 2. The molecule has 1 aromatic heterocycles. The van der Waals surface area contributed by atoms with Crippen LogP contribution in [0.15, 0.2) is 36.5 Å². The highest BCUT2D eigenvalue weighted by atomic mass is 16.1. The van der Waals surface area contributed by atoms with Gasteiger partial charge in [0.2, 0.25) is 0 Å². The number of aryl methyl sites for hydroxylation is 1. The second kappa shape index (κ2) is 3.96. The van der Waals surface area contributed by atoms with Crippen LogP contribution in [0.2, 0.25) is 0 Å². The molecule has 0 aliphatic rings. The van der Waals surface area contributed by atoms with Crippen LogP contribution >= 0.6 is 0 Å². The van der Waals surface area contributed by atoms with E-state index in [1.165, 1.54) is 0 Å². The molecule has 0 aliphatic carbocycles. The van der Waals surface area contributed by atoms with Crippen LogP contribution in [0.5, 0.6) is 0 Å². The fourth-order valence-corrected chi connectivity index (χ4v) is 1.22. The predicted octanol–water partition coefficient (Wildman–Crippen LogP) is 1.97. The van der Waals surface area contributed by atoms with Crippen LogP contribution < -0.4 is 5.32 Å². The molecule has 0 spiro atoms. The summed E-state index contributed by atoms with van der Waals surface area (Å²) in [6.45, 7) is 2.00. The molecular weight excluding hydrogens is 190 g/mol. The standard InChI is InChI=1S/C11H11N3O/c1-8-2-4-9(5-3-8)13-11(15)10-6-7-12-14-10/h2-7H,1H3,(H,12,14)(H,13,15). The summed E-state index contributed by atoms with van der Waals surface area (Å²) in [6, 6.07) is 9.25. The molecule has 0 saturated heterocycles. The van der Waals surface area contributed by atoms with E-state index in [9.17, 15) is 4.79 Å². The van der Waals surface area contributed by atoms with Crippen LogP contribution in [-0.4, -0.2) is 16.1 Å². The molecule has 0 atom stereocenters. The van der Waals surface area contributed by atoms with Gasteiger partial charge in [0.1, 0.15) is 5.69 Å². The molecule has 0 aliphatic heterocycles. The number of anilines is 1. The number of benzene rings is 1. The molecule has 0 radical (unpaired) electrons. The van der Waals surface area contributed by atoms with Crippen molar-refractivity contribution in [1.29, 1.82) is 0 Å². The van der Waals surface area contributed by atoms with E-state index in [2.05, 4.69) is 15.5 Å². The van der Waals surface area contributed by atoms with Crippen LogP contribution in [0.3, 0.4) is 0 Å². The Morgan fingerprint density at radius 1 is 1.27 bits per heavy atom. The molecule has 1 amide bonds. The lowest BCUT2D eigenvalue weighted by molar-refractivity contribution is 0.102. The van der Waals surface area contributed by atoms with Crippen molar-refractivity contribution in [3.8, 4) is 0 Å². The molecule has 2 N–H and O–H groups in total. The smallest absolute Gasteiger partial charge is 0.273 e. The molecule has 0 saturated carbocycles. The Morgan fingerprint density at radius 2 is 2.00 bits per heavy atom. The zero-order valence-corrected chi connectivity index (χ0v) is 8.32. The molecule has 2 aromatic rings. The summed E-state index contributed by atoms with van der Waals surface area (Å²) in [5.41, 5.74) is 2.39. The average molecular weight is 201 g/mol. The molecular formula is C11H11N3O. The highest BCUT2D eigenvalue weighted by Gasteiger charge is 2.05. The van der Waals surface area contributed by atoms with Gasteiger partial charge in [-0.05, 0) is 25.1 Å². The maximum Gasteiger partial charge on any atom is 0.273 e. The quantitative estimate of drug-likeness (QED) is 0.780. The Balaban J connectivity index is 2.09. The molecule has 4 heteroatoms. The van der Waals surface area contributed by atoms with Crippen molar-refractivity contribution in [3.05, 3.63) is 47.8 Å². The zero-order valence-electron chi connectivity index (χ0n) is 8.32. The van der Waals surface area contributed by atoms with Gasteiger partial charge in [0.05, 0.1) is 0 Å². The van der Waals surface area contributed by atoms with Crippen LogP contribution in [-0.2, 0) is 0 Å². The third-order valence-corrected chi connectivity index (χ3v) is 2.05. The first kappa shape index (κ1) is 9.45. The first-order chi connectivity index (χ1) is 7.25. The van der Waals surface area contributed by atoms with Crippen molar-refractivity contribution in [3.63, 3.8) is 0 Å². The minimum atomic E-state index is -0.184. The van der Waals surface area contributed by atoms with Crippen molar-refractivity contribution in [2.45, 2.75) is 6.92 Å². The van der Waals surface area contributed by atoms with Gasteiger partial charge in [0, 0.05) is 11.9 Å². The summed E-state index contributed by atoms with van der Waals surface area (Å²) in [4.78, 5) is 11.6. The van der Waals surface area contributed by atoms with E-state index in [1.807, 2.05) is 31.2 Å². The maximum atomic E-state index is 11.6. The number of H-pyrrole nitrogens is 1. The SMILES string of the molecule is Cc1ccc(NC(=O)c2ccn[nH]2)cc1. The molecule has 0 bridgehead atoms.